The van der Waals surface area contributed by atoms with Crippen molar-refractivity contribution in [2.24, 2.45) is 0 Å². The number of nitrogens with one attached hydrogen (secondary N) is 1. The first-order valence-electron chi connectivity index (χ1n) is 5.20. The predicted molar refractivity (Wildman–Crippen MR) is 68.9 cm³/mol. The molecule has 7 nitrogen and oxygen atoms in total. The minimum absolute atomic E-state index is 0.0812. The quantitative estimate of drug-likeness (QED) is 0.874. The third-order valence-corrected chi connectivity index (χ3v) is 3.86. The Morgan fingerprint density at radius 3 is 2.79 bits per heavy atom. The van der Waals surface area contributed by atoms with Gasteiger partial charge in [0.2, 0.25) is 15.9 Å². The van der Waals surface area contributed by atoms with Gasteiger partial charge in [0.05, 0.1) is 17.8 Å². The summed E-state index contributed by atoms with van der Waals surface area (Å²) >= 11 is 5.70. The van der Waals surface area contributed by atoms with Gasteiger partial charge < -0.3 is 10.2 Å². The van der Waals surface area contributed by atoms with Crippen LogP contribution >= 0.6 is 11.6 Å². The molecule has 2 aromatic rings. The molecule has 102 valence electrons. The van der Waals surface area contributed by atoms with E-state index < -0.39 is 10.0 Å². The number of oxazole rings is 1. The molecule has 2 rings (SSSR count). The lowest BCUT2D eigenvalue weighted by Crippen LogP contribution is -2.24. The lowest BCUT2D eigenvalue weighted by atomic mass is 10.5. The van der Waals surface area contributed by atoms with Crippen molar-refractivity contribution in [3.63, 3.8) is 0 Å². The highest BCUT2D eigenvalue weighted by Gasteiger charge is 2.19. The second kappa shape index (κ2) is 5.16. The summed E-state index contributed by atoms with van der Waals surface area (Å²) in [4.78, 5) is 7.40. The van der Waals surface area contributed by atoms with E-state index in [2.05, 4.69) is 14.7 Å². The molecule has 0 unspecified atom stereocenters. The van der Waals surface area contributed by atoms with Gasteiger partial charge in [-0.15, -0.1) is 0 Å². The number of halogens is 1. The molecule has 0 aliphatic rings. The van der Waals surface area contributed by atoms with Crippen LogP contribution in [0.3, 0.4) is 0 Å². The topological polar surface area (TPSA) is 111 Å². The first-order chi connectivity index (χ1) is 8.88. The van der Waals surface area contributed by atoms with E-state index in [0.717, 1.165) is 0 Å². The van der Waals surface area contributed by atoms with Gasteiger partial charge in [-0.25, -0.2) is 23.1 Å². The standard InChI is InChI=1S/C10H11ClN4O3S/c1-6-3-13-9(18-6)5-15-19(16,17)8-2-7(11)4-14-10(8)12/h2-4,15H,5H2,1H3,(H2,12,14). The first-order valence-corrected chi connectivity index (χ1v) is 7.06. The molecule has 0 amide bonds. The van der Waals surface area contributed by atoms with E-state index in [1.807, 2.05) is 0 Å². The van der Waals surface area contributed by atoms with Crippen molar-refractivity contribution >= 4 is 27.4 Å². The second-order valence-corrected chi connectivity index (χ2v) is 5.90. The molecular formula is C10H11ClN4O3S. The zero-order chi connectivity index (χ0) is 14.0. The molecule has 19 heavy (non-hydrogen) atoms. The van der Waals surface area contributed by atoms with Crippen LogP contribution in [0.1, 0.15) is 11.7 Å². The van der Waals surface area contributed by atoms with Crippen molar-refractivity contribution in [3.8, 4) is 0 Å². The van der Waals surface area contributed by atoms with E-state index in [0.29, 0.717) is 5.76 Å². The Bertz CT molecular complexity index is 699. The number of hydrogen-bond acceptors (Lipinski definition) is 6. The van der Waals surface area contributed by atoms with Crippen molar-refractivity contribution in [2.45, 2.75) is 18.4 Å². The van der Waals surface area contributed by atoms with Crippen molar-refractivity contribution < 1.29 is 12.8 Å². The largest absolute Gasteiger partial charge is 0.445 e. The first kappa shape index (κ1) is 13.8. The maximum atomic E-state index is 12.0. The minimum Gasteiger partial charge on any atom is -0.445 e. The van der Waals surface area contributed by atoms with E-state index in [1.54, 1.807) is 6.92 Å². The van der Waals surface area contributed by atoms with Gasteiger partial charge in [-0.2, -0.15) is 0 Å². The fraction of sp³-hybridized carbons (Fsp3) is 0.200. The van der Waals surface area contributed by atoms with Crippen LogP contribution in [-0.2, 0) is 16.6 Å². The lowest BCUT2D eigenvalue weighted by molar-refractivity contribution is 0.463. The summed E-state index contributed by atoms with van der Waals surface area (Å²) in [5.41, 5.74) is 5.52. The van der Waals surface area contributed by atoms with Crippen LogP contribution in [0.25, 0.3) is 0 Å². The molecule has 0 radical (unpaired) electrons. The summed E-state index contributed by atoms with van der Waals surface area (Å²) in [6.07, 6.45) is 2.77. The Kier molecular flexibility index (Phi) is 3.74. The van der Waals surface area contributed by atoms with Crippen LogP contribution in [0.4, 0.5) is 5.82 Å². The Morgan fingerprint density at radius 2 is 2.16 bits per heavy atom. The van der Waals surface area contributed by atoms with Gasteiger partial charge in [0.25, 0.3) is 0 Å². The highest BCUT2D eigenvalue weighted by Crippen LogP contribution is 2.20. The number of aryl methyl sites for hydroxylation is 1. The van der Waals surface area contributed by atoms with Gasteiger partial charge in [0.1, 0.15) is 16.5 Å². The number of aromatic nitrogens is 2. The van der Waals surface area contributed by atoms with Crippen molar-refractivity contribution in [3.05, 3.63) is 35.1 Å². The van der Waals surface area contributed by atoms with Gasteiger partial charge in [-0.1, -0.05) is 11.6 Å². The fourth-order valence-corrected chi connectivity index (χ4v) is 2.67. The molecule has 9 heteroatoms. The summed E-state index contributed by atoms with van der Waals surface area (Å²) < 4.78 is 31.5. The molecule has 3 N–H and O–H groups in total. The van der Waals surface area contributed by atoms with Crippen LogP contribution in [0.15, 0.2) is 27.8 Å². The second-order valence-electron chi connectivity index (χ2n) is 3.73. The minimum atomic E-state index is -3.82. The van der Waals surface area contributed by atoms with Crippen molar-refractivity contribution in [2.75, 3.05) is 5.73 Å². The number of hydrogen-bond donors (Lipinski definition) is 2. The maximum absolute atomic E-state index is 12.0. The van der Waals surface area contributed by atoms with Crippen LogP contribution in [0.2, 0.25) is 5.02 Å². The normalized spacial score (nSPS) is 11.7. The molecule has 0 aromatic carbocycles. The summed E-state index contributed by atoms with van der Waals surface area (Å²) in [6, 6.07) is 1.23. The molecule has 0 aliphatic heterocycles. The van der Waals surface area contributed by atoms with E-state index >= 15 is 0 Å². The van der Waals surface area contributed by atoms with E-state index in [-0.39, 0.29) is 28.2 Å². The van der Waals surface area contributed by atoms with Gasteiger partial charge in [0, 0.05) is 6.20 Å². The fourth-order valence-electron chi connectivity index (χ4n) is 1.36. The number of nitrogens with zero attached hydrogens (tertiary/aromatic N) is 2. The van der Waals surface area contributed by atoms with Gasteiger partial charge in [-0.05, 0) is 13.0 Å². The van der Waals surface area contributed by atoms with Crippen LogP contribution < -0.4 is 10.5 Å². The molecule has 0 aliphatic carbocycles. The highest BCUT2D eigenvalue weighted by molar-refractivity contribution is 7.89. The third kappa shape index (κ3) is 3.22. The average molecular weight is 303 g/mol. The highest BCUT2D eigenvalue weighted by atomic mass is 35.5. The molecule has 2 heterocycles. The zero-order valence-electron chi connectivity index (χ0n) is 9.92. The number of anilines is 1. The average Bonchev–Trinajstić information content (AvgIpc) is 2.76. The number of nitrogen functional groups attached to an aromatic ring is 1. The molecule has 2 aromatic heterocycles. The Labute approximate surface area is 114 Å². The monoisotopic (exact) mass is 302 g/mol. The Morgan fingerprint density at radius 1 is 1.42 bits per heavy atom. The Balaban J connectivity index is 2.20. The molecular weight excluding hydrogens is 292 g/mol. The van der Waals surface area contributed by atoms with Crippen LogP contribution in [-0.4, -0.2) is 18.4 Å². The Hall–Kier alpha value is -1.64. The SMILES string of the molecule is Cc1cnc(CNS(=O)(=O)c2cc(Cl)cnc2N)o1. The lowest BCUT2D eigenvalue weighted by Gasteiger charge is -2.07. The molecule has 0 saturated carbocycles. The van der Waals surface area contributed by atoms with Crippen molar-refractivity contribution in [1.29, 1.82) is 0 Å². The molecule has 0 atom stereocenters. The summed E-state index contributed by atoms with van der Waals surface area (Å²) in [7, 11) is -3.82. The summed E-state index contributed by atoms with van der Waals surface area (Å²) in [5.74, 6) is 0.730. The van der Waals surface area contributed by atoms with Crippen LogP contribution in [0.5, 0.6) is 0 Å². The number of pyridine rings is 1. The number of sulfonamides is 1. The third-order valence-electron chi connectivity index (χ3n) is 2.22. The zero-order valence-corrected chi connectivity index (χ0v) is 11.5. The van der Waals surface area contributed by atoms with Gasteiger partial charge in [-0.3, -0.25) is 0 Å². The number of rotatable bonds is 4. The summed E-state index contributed by atoms with van der Waals surface area (Å²) in [5, 5.41) is 0.182. The number of nitrogens with two attached hydrogens (primary N) is 1. The van der Waals surface area contributed by atoms with Gasteiger partial charge >= 0.3 is 0 Å². The van der Waals surface area contributed by atoms with E-state index in [1.165, 1.54) is 18.5 Å². The predicted octanol–water partition coefficient (Wildman–Crippen LogP) is 1.09. The van der Waals surface area contributed by atoms with E-state index in [9.17, 15) is 8.42 Å². The molecule has 0 saturated heterocycles. The van der Waals surface area contributed by atoms with Crippen LogP contribution in [0, 0.1) is 6.92 Å². The molecule has 0 fully saturated rings. The molecule has 0 bridgehead atoms. The molecule has 0 spiro atoms. The smallest absolute Gasteiger partial charge is 0.244 e. The summed E-state index contributed by atoms with van der Waals surface area (Å²) in [6.45, 7) is 1.63. The van der Waals surface area contributed by atoms with Crippen molar-refractivity contribution in [1.82, 2.24) is 14.7 Å². The maximum Gasteiger partial charge on any atom is 0.244 e. The van der Waals surface area contributed by atoms with E-state index in [4.69, 9.17) is 21.8 Å². The van der Waals surface area contributed by atoms with Gasteiger partial charge in [0.15, 0.2) is 0 Å².